The maximum absolute atomic E-state index is 13.9. The predicted octanol–water partition coefficient (Wildman–Crippen LogP) is 4.78. The van der Waals surface area contributed by atoms with Gasteiger partial charge in [-0.3, -0.25) is 28.8 Å². The van der Waals surface area contributed by atoms with Crippen LogP contribution in [0.4, 0.5) is 9.59 Å². The fourth-order valence-corrected chi connectivity index (χ4v) is 10.8. The molecular formula is C53H84N6O14. The third-order valence-electron chi connectivity index (χ3n) is 15.5. The van der Waals surface area contributed by atoms with E-state index in [1.54, 1.807) is 41.5 Å². The zero-order valence-electron chi connectivity index (χ0n) is 46.2. The number of rotatable bonds is 16. The highest BCUT2D eigenvalue weighted by Crippen LogP contribution is 2.66. The Morgan fingerprint density at radius 1 is 0.548 bits per heavy atom. The van der Waals surface area contributed by atoms with E-state index >= 15 is 0 Å². The molecule has 5 N–H and O–H groups in total. The van der Waals surface area contributed by atoms with Gasteiger partial charge in [-0.05, 0) is 112 Å². The van der Waals surface area contributed by atoms with Gasteiger partial charge in [0.1, 0.15) is 35.4 Å². The molecule has 0 bridgehead atoms. The lowest BCUT2D eigenvalue weighted by Crippen LogP contribution is -2.60. The van der Waals surface area contributed by atoms with Gasteiger partial charge in [-0.25, -0.2) is 19.2 Å². The fraction of sp³-hybridized carbons (Fsp3) is 0.811. The second-order valence-electron chi connectivity index (χ2n) is 26.7. The second kappa shape index (κ2) is 20.8. The third kappa shape index (κ3) is 14.1. The monoisotopic (exact) mass is 1030 g/mol. The molecule has 2 aliphatic heterocycles. The molecule has 2 heterocycles. The number of fused-ring (bicyclic) bond motifs is 2. The van der Waals surface area contributed by atoms with E-state index < -0.39 is 112 Å². The van der Waals surface area contributed by atoms with Gasteiger partial charge in [-0.15, -0.1) is 0 Å². The molecule has 6 aliphatic rings. The molecule has 0 aromatic carbocycles. The van der Waals surface area contributed by atoms with Crippen molar-refractivity contribution in [2.75, 3.05) is 20.2 Å². The molecule has 4 aliphatic carbocycles. The highest BCUT2D eigenvalue weighted by Gasteiger charge is 2.71. The number of carbonyl (C=O) groups excluding carboxylic acids is 9. The van der Waals surface area contributed by atoms with Crippen LogP contribution in [0.3, 0.4) is 0 Å². The van der Waals surface area contributed by atoms with Crippen LogP contribution in [0.25, 0.3) is 0 Å². The summed E-state index contributed by atoms with van der Waals surface area (Å²) in [5.41, 5.74) is -3.13. The molecule has 0 aromatic heterocycles. The molecule has 10 atom stereocenters. The first-order chi connectivity index (χ1) is 33.2. The molecule has 0 radical (unpaired) electrons. The average molecular weight is 1030 g/mol. The Morgan fingerprint density at radius 2 is 0.877 bits per heavy atom. The lowest BCUT2D eigenvalue weighted by atomic mass is 9.85. The van der Waals surface area contributed by atoms with Crippen LogP contribution in [0.5, 0.6) is 0 Å². The van der Waals surface area contributed by atoms with Gasteiger partial charge in [0, 0.05) is 13.1 Å². The minimum Gasteiger partial charge on any atom is -0.475 e. The van der Waals surface area contributed by atoms with Crippen molar-refractivity contribution in [2.45, 2.75) is 197 Å². The van der Waals surface area contributed by atoms with Gasteiger partial charge in [0.15, 0.2) is 0 Å². The number of hydrogen-bond donors (Lipinski definition) is 5. The number of ether oxygens (including phenoxy) is 3. The number of likely N-dealkylation sites (tertiary alicyclic amines) is 2. The van der Waals surface area contributed by atoms with Crippen LogP contribution in [-0.2, 0) is 52.6 Å². The van der Waals surface area contributed by atoms with E-state index in [0.29, 0.717) is 19.5 Å². The Hall–Kier alpha value is -5.30. The molecule has 2 saturated heterocycles. The summed E-state index contributed by atoms with van der Waals surface area (Å²) in [5.74, 6) is -5.68. The molecule has 2 unspecified atom stereocenters. The van der Waals surface area contributed by atoms with E-state index in [1.807, 2.05) is 55.4 Å². The van der Waals surface area contributed by atoms with Crippen molar-refractivity contribution in [2.24, 2.45) is 57.2 Å². The standard InChI is InChI=1S/C27H43N3O7.C26H41N3O7/c1-25(2,3)20(29-24(35)37-26(4,5)6)22(33)30-13-15-17(27(15,7)8)18(30)21(32)28-16(12-14-10-11-14)19(31)23(34)36-9;1-24(2,3)19(28-23(35)36-25(4,5)6)21(32)29-12-14-16(26(14,7)8)17(29)20(31)27-15(11-13-9-10-13)18(30)22(33)34/h14-18,20H,10-13H2,1-9H3,(H,28,32)(H,29,35);13-17,19H,9-12H2,1-8H3,(H,27,31)(H,28,35)(H,33,34)/t15-,16?,17-,18-,20+;14-,15?,16-,17-,19+/m00/s1. The fourth-order valence-electron chi connectivity index (χ4n) is 10.8. The summed E-state index contributed by atoms with van der Waals surface area (Å²) in [6, 6.07) is -5.68. The molecule has 410 valence electrons. The number of Topliss-reactive ketones (excluding diaryl/α,β-unsaturated/α-hetero) is 2. The largest absolute Gasteiger partial charge is 0.475 e. The number of carbonyl (C=O) groups is 10. The predicted molar refractivity (Wildman–Crippen MR) is 266 cm³/mol. The van der Waals surface area contributed by atoms with E-state index in [-0.39, 0.29) is 58.7 Å². The number of alkyl carbamates (subject to hydrolysis) is 2. The lowest BCUT2D eigenvalue weighted by Gasteiger charge is -2.38. The van der Waals surface area contributed by atoms with Crippen molar-refractivity contribution in [3.05, 3.63) is 0 Å². The first-order valence-electron chi connectivity index (χ1n) is 25.8. The first-order valence-corrected chi connectivity index (χ1v) is 25.8. The molecule has 6 amide bonds. The number of nitrogens with one attached hydrogen (secondary N) is 4. The summed E-state index contributed by atoms with van der Waals surface area (Å²) < 4.78 is 15.4. The number of esters is 1. The summed E-state index contributed by atoms with van der Waals surface area (Å²) in [6.45, 7) is 30.3. The molecule has 0 spiro atoms. The average Bonchev–Trinajstić information content (AvgIpc) is 4.21. The molecule has 6 rings (SSSR count). The van der Waals surface area contributed by atoms with Crippen LogP contribution in [0, 0.1) is 57.2 Å². The topological polar surface area (TPSA) is 273 Å². The number of aliphatic carboxylic acids is 1. The summed E-state index contributed by atoms with van der Waals surface area (Å²) in [7, 11) is 1.13. The molecule has 73 heavy (non-hydrogen) atoms. The van der Waals surface area contributed by atoms with Crippen LogP contribution < -0.4 is 21.3 Å². The minimum atomic E-state index is -1.58. The van der Waals surface area contributed by atoms with Gasteiger partial charge in [0.2, 0.25) is 23.6 Å². The highest BCUT2D eigenvalue weighted by molar-refractivity contribution is 6.36. The van der Waals surface area contributed by atoms with Crippen molar-refractivity contribution < 1.29 is 67.3 Å². The number of hydrogen-bond acceptors (Lipinski definition) is 13. The van der Waals surface area contributed by atoms with Gasteiger partial charge >= 0.3 is 24.1 Å². The smallest absolute Gasteiger partial charge is 0.408 e. The van der Waals surface area contributed by atoms with Gasteiger partial charge in [0.05, 0.1) is 19.2 Å². The first kappa shape index (κ1) is 58.6. The van der Waals surface area contributed by atoms with E-state index in [2.05, 4.69) is 39.9 Å². The van der Waals surface area contributed by atoms with E-state index in [1.165, 1.54) is 9.80 Å². The number of piperidine rings is 2. The van der Waals surface area contributed by atoms with Gasteiger partial charge in [0.25, 0.3) is 11.6 Å². The van der Waals surface area contributed by atoms with E-state index in [0.717, 1.165) is 32.8 Å². The van der Waals surface area contributed by atoms with Gasteiger partial charge in [-0.1, -0.05) is 94.9 Å². The number of carboxylic acid groups (broad SMARTS) is 1. The Balaban J connectivity index is 0.000000271. The second-order valence-corrected chi connectivity index (χ2v) is 26.7. The van der Waals surface area contributed by atoms with Crippen LogP contribution >= 0.6 is 0 Å². The van der Waals surface area contributed by atoms with Crippen LogP contribution in [0.15, 0.2) is 0 Å². The van der Waals surface area contributed by atoms with E-state index in [4.69, 9.17) is 9.47 Å². The number of carboxylic acids is 1. The maximum atomic E-state index is 13.9. The molecular weight excluding hydrogens is 945 g/mol. The van der Waals surface area contributed by atoms with Crippen molar-refractivity contribution in [3.63, 3.8) is 0 Å². The molecule has 4 saturated carbocycles. The summed E-state index contributed by atoms with van der Waals surface area (Å²) >= 11 is 0. The van der Waals surface area contributed by atoms with Gasteiger partial charge < -0.3 is 50.4 Å². The third-order valence-corrected chi connectivity index (χ3v) is 15.5. The van der Waals surface area contributed by atoms with Crippen LogP contribution in [-0.4, -0.2) is 142 Å². The molecule has 20 nitrogen and oxygen atoms in total. The van der Waals surface area contributed by atoms with Crippen LogP contribution in [0.1, 0.15) is 149 Å². The summed E-state index contributed by atoms with van der Waals surface area (Å²) in [5, 5.41) is 20.1. The summed E-state index contributed by atoms with van der Waals surface area (Å²) in [4.78, 5) is 131. The quantitative estimate of drug-likeness (QED) is 0.0791. The lowest BCUT2D eigenvalue weighted by molar-refractivity contribution is -0.153. The maximum Gasteiger partial charge on any atom is 0.408 e. The van der Waals surface area contributed by atoms with Crippen molar-refractivity contribution in [3.8, 4) is 0 Å². The normalized spacial score (nSPS) is 26.1. The summed E-state index contributed by atoms with van der Waals surface area (Å²) in [6.07, 6.45) is 2.88. The zero-order valence-corrected chi connectivity index (χ0v) is 46.2. The minimum absolute atomic E-state index is 0.0894. The Labute approximate surface area is 430 Å². The highest BCUT2D eigenvalue weighted by atomic mass is 16.6. The molecule has 0 aromatic rings. The Bertz CT molecular complexity index is 2210. The molecule has 6 fully saturated rings. The molecule has 20 heteroatoms. The van der Waals surface area contributed by atoms with Crippen molar-refractivity contribution in [1.29, 1.82) is 0 Å². The zero-order chi connectivity index (χ0) is 55.5. The van der Waals surface area contributed by atoms with Crippen molar-refractivity contribution >= 4 is 59.3 Å². The SMILES string of the molecule is CC(C)(C)OC(=O)N[C@H](C(=O)N1C[C@H]2[C@@H]([C@H]1C(=O)NC(CC1CC1)C(=O)C(=O)O)C2(C)C)C(C)(C)C.COC(=O)C(=O)C(CC1CC1)NC(=O)[C@@H]1[C@@H]2[C@H](CN1C(=O)[C@@H](NC(=O)OC(C)(C)C)C(C)(C)C)C2(C)C. The van der Waals surface area contributed by atoms with E-state index in [9.17, 15) is 53.1 Å². The number of nitrogens with zero attached hydrogens (tertiary/aromatic N) is 2. The number of amides is 6. The number of methoxy groups -OCH3 is 1. The van der Waals surface area contributed by atoms with Gasteiger partial charge in [-0.2, -0.15) is 0 Å². The Morgan fingerprint density at radius 3 is 1.15 bits per heavy atom. The van der Waals surface area contributed by atoms with Crippen LogP contribution in [0.2, 0.25) is 0 Å². The number of ketones is 2. The Kier molecular flexibility index (Phi) is 16.7. The van der Waals surface area contributed by atoms with Crippen molar-refractivity contribution in [1.82, 2.24) is 31.1 Å².